The third kappa shape index (κ3) is 5.42. The fraction of sp³-hybridized carbons (Fsp3) is 0.677. The number of aromatic amines is 1. The van der Waals surface area contributed by atoms with Crippen LogP contribution in [0.1, 0.15) is 94.3 Å². The minimum atomic E-state index is -0.614. The molecule has 4 aliphatic rings. The monoisotopic (exact) mass is 584 g/mol. The predicted molar refractivity (Wildman–Crippen MR) is 151 cm³/mol. The summed E-state index contributed by atoms with van der Waals surface area (Å²) in [6.07, 6.45) is 8.56. The van der Waals surface area contributed by atoms with Gasteiger partial charge in [0.1, 0.15) is 5.75 Å². The highest BCUT2D eigenvalue weighted by atomic mass is 19.1. The van der Waals surface area contributed by atoms with Crippen molar-refractivity contribution in [2.24, 2.45) is 23.2 Å². The SMILES string of the molecule is COc1cc(F)c(OC2CCC(C)(c3n[nH]c(=O)o3)CC2)cc1C(=O)NC1C2CCC(C2)C1C(=O)NCC1(C)CCC1. The molecule has 6 rings (SSSR count). The topological polar surface area (TPSA) is 136 Å². The van der Waals surface area contributed by atoms with Gasteiger partial charge in [0.25, 0.3) is 5.91 Å². The lowest BCUT2D eigenvalue weighted by atomic mass is 9.70. The van der Waals surface area contributed by atoms with Crippen LogP contribution in [0.3, 0.4) is 0 Å². The van der Waals surface area contributed by atoms with E-state index in [2.05, 4.69) is 27.8 Å². The minimum Gasteiger partial charge on any atom is -0.496 e. The zero-order chi connectivity index (χ0) is 29.6. The van der Waals surface area contributed by atoms with Gasteiger partial charge in [-0.05, 0) is 81.1 Å². The van der Waals surface area contributed by atoms with Gasteiger partial charge in [-0.2, -0.15) is 0 Å². The molecule has 2 aromatic rings. The van der Waals surface area contributed by atoms with Gasteiger partial charge in [0.05, 0.1) is 24.7 Å². The van der Waals surface area contributed by atoms with Crippen molar-refractivity contribution in [3.05, 3.63) is 40.0 Å². The van der Waals surface area contributed by atoms with Crippen molar-refractivity contribution in [2.75, 3.05) is 13.7 Å². The van der Waals surface area contributed by atoms with E-state index < -0.39 is 22.9 Å². The van der Waals surface area contributed by atoms with Gasteiger partial charge in [-0.15, -0.1) is 5.10 Å². The average molecular weight is 585 g/mol. The summed E-state index contributed by atoms with van der Waals surface area (Å²) in [6.45, 7) is 4.86. The Morgan fingerprint density at radius 2 is 1.83 bits per heavy atom. The van der Waals surface area contributed by atoms with Crippen LogP contribution >= 0.6 is 0 Å². The number of carbonyl (C=O) groups is 2. The Balaban J connectivity index is 1.14. The summed E-state index contributed by atoms with van der Waals surface area (Å²) in [5.41, 5.74) is -0.0614. The average Bonchev–Trinajstić information content (AvgIpc) is 3.70. The molecule has 3 N–H and O–H groups in total. The normalized spacial score (nSPS) is 31.3. The van der Waals surface area contributed by atoms with Gasteiger partial charge in [0.15, 0.2) is 11.6 Å². The largest absolute Gasteiger partial charge is 0.496 e. The van der Waals surface area contributed by atoms with Crippen molar-refractivity contribution in [3.8, 4) is 11.5 Å². The Labute approximate surface area is 244 Å². The zero-order valence-corrected chi connectivity index (χ0v) is 24.6. The van der Waals surface area contributed by atoms with E-state index in [1.807, 2.05) is 6.92 Å². The summed E-state index contributed by atoms with van der Waals surface area (Å²) in [5, 5.41) is 12.6. The number of ether oxygens (including phenoxy) is 2. The Bertz CT molecular complexity index is 1390. The molecule has 4 aliphatic carbocycles. The van der Waals surface area contributed by atoms with Crippen molar-refractivity contribution >= 4 is 11.8 Å². The predicted octanol–water partition coefficient (Wildman–Crippen LogP) is 4.24. The van der Waals surface area contributed by atoms with Crippen LogP contribution in [0.5, 0.6) is 11.5 Å². The molecule has 1 heterocycles. The fourth-order valence-electron chi connectivity index (χ4n) is 7.68. The van der Waals surface area contributed by atoms with Crippen molar-refractivity contribution in [1.29, 1.82) is 0 Å². The highest BCUT2D eigenvalue weighted by Crippen LogP contribution is 2.49. The van der Waals surface area contributed by atoms with E-state index in [0.29, 0.717) is 38.1 Å². The number of methoxy groups -OCH3 is 1. The van der Waals surface area contributed by atoms with E-state index in [1.54, 1.807) is 0 Å². The van der Waals surface area contributed by atoms with Crippen LogP contribution in [-0.4, -0.2) is 47.8 Å². The number of hydrogen-bond acceptors (Lipinski definition) is 7. The lowest BCUT2D eigenvalue weighted by Crippen LogP contribution is -2.51. The van der Waals surface area contributed by atoms with Crippen LogP contribution < -0.4 is 25.9 Å². The Morgan fingerprint density at radius 3 is 2.48 bits per heavy atom. The Hall–Kier alpha value is -3.37. The van der Waals surface area contributed by atoms with Gasteiger partial charge in [-0.3, -0.25) is 9.59 Å². The number of carbonyl (C=O) groups excluding carboxylic acids is 2. The highest BCUT2D eigenvalue weighted by Gasteiger charge is 2.52. The molecule has 0 radical (unpaired) electrons. The number of nitrogens with zero attached hydrogens (tertiary/aromatic N) is 1. The second kappa shape index (κ2) is 11.0. The second-order valence-electron chi connectivity index (χ2n) is 13.5. The maximum atomic E-state index is 15.1. The number of amides is 2. The smallest absolute Gasteiger partial charge is 0.434 e. The van der Waals surface area contributed by atoms with Crippen LogP contribution in [0, 0.1) is 29.0 Å². The number of H-pyrrole nitrogens is 1. The molecule has 4 fully saturated rings. The molecule has 2 bridgehead atoms. The quantitative estimate of drug-likeness (QED) is 0.401. The lowest BCUT2D eigenvalue weighted by molar-refractivity contribution is -0.128. The minimum absolute atomic E-state index is 0.0168. The van der Waals surface area contributed by atoms with Crippen molar-refractivity contribution in [1.82, 2.24) is 20.8 Å². The Morgan fingerprint density at radius 1 is 1.10 bits per heavy atom. The van der Waals surface area contributed by atoms with Crippen LogP contribution in [0.2, 0.25) is 0 Å². The molecule has 42 heavy (non-hydrogen) atoms. The molecule has 1 aromatic heterocycles. The molecule has 1 aromatic carbocycles. The van der Waals surface area contributed by atoms with Crippen LogP contribution in [0.4, 0.5) is 4.39 Å². The molecule has 10 nitrogen and oxygen atoms in total. The van der Waals surface area contributed by atoms with Gasteiger partial charge in [-0.1, -0.05) is 20.3 Å². The first-order valence-corrected chi connectivity index (χ1v) is 15.3. The molecule has 4 saturated carbocycles. The number of hydrogen-bond donors (Lipinski definition) is 3. The van der Waals surface area contributed by atoms with Gasteiger partial charge in [0.2, 0.25) is 11.8 Å². The van der Waals surface area contributed by atoms with E-state index in [0.717, 1.165) is 32.1 Å². The number of rotatable bonds is 9. The van der Waals surface area contributed by atoms with E-state index in [4.69, 9.17) is 13.9 Å². The summed E-state index contributed by atoms with van der Waals surface area (Å²) in [6, 6.07) is 2.31. The van der Waals surface area contributed by atoms with E-state index in [9.17, 15) is 14.4 Å². The first-order valence-electron chi connectivity index (χ1n) is 15.3. The second-order valence-corrected chi connectivity index (χ2v) is 13.5. The molecule has 228 valence electrons. The number of halogens is 1. The van der Waals surface area contributed by atoms with Gasteiger partial charge >= 0.3 is 5.76 Å². The molecule has 4 atom stereocenters. The standard InChI is InChI=1S/C31H41FN4O6/c1-30(9-4-10-30)16-33-27(38)24-17-5-6-18(13-17)25(24)34-26(37)20-14-23(21(32)15-22(20)40-3)41-19-7-11-31(2,12-8-19)28-35-36-29(39)42-28/h14-15,17-19,24-25H,4-13,16H2,1-3H3,(H,33,38)(H,34,37)(H,36,39). The third-order valence-corrected chi connectivity index (χ3v) is 10.5. The molecule has 11 heteroatoms. The summed E-state index contributed by atoms with van der Waals surface area (Å²) in [7, 11) is 1.40. The lowest BCUT2D eigenvalue weighted by Gasteiger charge is -2.39. The van der Waals surface area contributed by atoms with Crippen molar-refractivity contribution in [2.45, 2.75) is 95.6 Å². The van der Waals surface area contributed by atoms with E-state index in [-0.39, 0.29) is 58.3 Å². The maximum Gasteiger partial charge on any atom is 0.434 e. The summed E-state index contributed by atoms with van der Waals surface area (Å²) in [5.74, 6) is -0.883. The van der Waals surface area contributed by atoms with Gasteiger partial charge in [0, 0.05) is 24.1 Å². The van der Waals surface area contributed by atoms with Crippen LogP contribution in [0.25, 0.3) is 0 Å². The maximum absolute atomic E-state index is 15.1. The van der Waals surface area contributed by atoms with Crippen molar-refractivity contribution < 1.29 is 27.9 Å². The fourth-order valence-corrected chi connectivity index (χ4v) is 7.68. The van der Waals surface area contributed by atoms with Gasteiger partial charge in [-0.25, -0.2) is 14.3 Å². The van der Waals surface area contributed by atoms with Crippen LogP contribution in [0.15, 0.2) is 21.3 Å². The number of fused-ring (bicyclic) bond motifs is 2. The molecule has 4 unspecified atom stereocenters. The number of nitrogens with one attached hydrogen (secondary N) is 3. The third-order valence-electron chi connectivity index (χ3n) is 10.5. The summed E-state index contributed by atoms with van der Waals surface area (Å²) in [4.78, 5) is 38.4. The first kappa shape index (κ1) is 28.7. The molecule has 0 aliphatic heterocycles. The van der Waals surface area contributed by atoms with E-state index in [1.165, 1.54) is 25.7 Å². The first-order chi connectivity index (χ1) is 20.1. The molecular weight excluding hydrogens is 543 g/mol. The van der Waals surface area contributed by atoms with Crippen LogP contribution in [-0.2, 0) is 10.2 Å². The van der Waals surface area contributed by atoms with E-state index >= 15 is 4.39 Å². The van der Waals surface area contributed by atoms with Gasteiger partial charge < -0.3 is 24.5 Å². The van der Waals surface area contributed by atoms with Crippen molar-refractivity contribution in [3.63, 3.8) is 0 Å². The molecular formula is C31H41FN4O6. The molecule has 0 spiro atoms. The highest BCUT2D eigenvalue weighted by molar-refractivity contribution is 5.98. The number of aromatic nitrogens is 2. The zero-order valence-electron chi connectivity index (χ0n) is 24.6. The molecule has 2 amide bonds. The molecule has 0 saturated heterocycles. The summed E-state index contributed by atoms with van der Waals surface area (Å²) >= 11 is 0. The Kier molecular flexibility index (Phi) is 7.55. The summed E-state index contributed by atoms with van der Waals surface area (Å²) < 4.78 is 31.8. The number of benzene rings is 1.